The Bertz CT molecular complexity index is 377. The van der Waals surface area contributed by atoms with Crippen LogP contribution in [0.2, 0.25) is 0 Å². The number of hydrogen-bond donors (Lipinski definition) is 0. The zero-order valence-electron chi connectivity index (χ0n) is 6.61. The molecule has 0 radical (unpaired) electrons. The van der Waals surface area contributed by atoms with Crippen molar-refractivity contribution in [2.75, 3.05) is 5.75 Å². The summed E-state index contributed by atoms with van der Waals surface area (Å²) in [5.74, 6) is 1.01. The molecule has 1 aliphatic rings. The van der Waals surface area contributed by atoms with Crippen molar-refractivity contribution in [3.8, 4) is 0 Å². The summed E-state index contributed by atoms with van der Waals surface area (Å²) in [5.41, 5.74) is 1.83. The summed E-state index contributed by atoms with van der Waals surface area (Å²) in [5, 5.41) is 1.88. The molecule has 0 atom stereocenters. The van der Waals surface area contributed by atoms with Crippen LogP contribution in [0.4, 0.5) is 0 Å². The van der Waals surface area contributed by atoms with Crippen molar-refractivity contribution >= 4 is 29.2 Å². The molecule has 1 aromatic rings. The number of aryl methyl sites for hydroxylation is 1. The van der Waals surface area contributed by atoms with Crippen molar-refractivity contribution < 1.29 is 0 Å². The fourth-order valence-electron chi connectivity index (χ4n) is 1.09. The average Bonchev–Trinajstić information content (AvgIpc) is 2.64. The molecule has 2 rings (SSSR count). The van der Waals surface area contributed by atoms with Crippen molar-refractivity contribution in [3.63, 3.8) is 0 Å². The molecule has 0 amide bonds. The highest BCUT2D eigenvalue weighted by atomic mass is 32.2. The minimum atomic E-state index is 0.0845. The predicted molar refractivity (Wildman–Crippen MR) is 53.2 cm³/mol. The Labute approximate surface area is 78.4 Å². The van der Waals surface area contributed by atoms with E-state index in [1.807, 2.05) is 5.38 Å². The van der Waals surface area contributed by atoms with Gasteiger partial charge in [0.15, 0.2) is 0 Å². The number of rotatable bonds is 1. The summed E-state index contributed by atoms with van der Waals surface area (Å²) in [6.07, 6.45) is 0.927. The summed E-state index contributed by atoms with van der Waals surface area (Å²) in [4.78, 5) is 11.4. The average molecular weight is 200 g/mol. The fraction of sp³-hybridized carbons (Fsp3) is 0.429. The van der Waals surface area contributed by atoms with Gasteiger partial charge in [-0.05, 0) is 11.9 Å². The maximum Gasteiger partial charge on any atom is 0.269 e. The van der Waals surface area contributed by atoms with Crippen LogP contribution in [-0.4, -0.2) is 15.4 Å². The molecule has 0 saturated heterocycles. The van der Waals surface area contributed by atoms with E-state index in [1.165, 1.54) is 23.5 Å². The van der Waals surface area contributed by atoms with Crippen LogP contribution in [0.5, 0.6) is 0 Å². The van der Waals surface area contributed by atoms with Gasteiger partial charge in [0, 0.05) is 24.6 Å². The number of nitrogens with zero attached hydrogens (tertiary/aromatic N) is 2. The quantitative estimate of drug-likeness (QED) is 0.640. The van der Waals surface area contributed by atoms with Gasteiger partial charge in [0.2, 0.25) is 0 Å². The van der Waals surface area contributed by atoms with Gasteiger partial charge in [-0.2, -0.15) is 0 Å². The molecule has 1 aliphatic heterocycles. The lowest BCUT2D eigenvalue weighted by molar-refractivity contribution is 0.977. The van der Waals surface area contributed by atoms with Gasteiger partial charge in [-0.1, -0.05) is 11.5 Å². The third kappa shape index (κ3) is 1.23. The molecule has 12 heavy (non-hydrogen) atoms. The van der Waals surface area contributed by atoms with E-state index in [0.29, 0.717) is 0 Å². The summed E-state index contributed by atoms with van der Waals surface area (Å²) in [6, 6.07) is 0. The van der Waals surface area contributed by atoms with E-state index in [9.17, 15) is 4.79 Å². The first kappa shape index (κ1) is 8.07. The molecule has 0 fully saturated rings. The largest absolute Gasteiger partial charge is 0.269 e. The van der Waals surface area contributed by atoms with E-state index in [4.69, 9.17) is 0 Å². The zero-order chi connectivity index (χ0) is 8.55. The monoisotopic (exact) mass is 200 g/mol. The Morgan fingerprint density at radius 1 is 1.67 bits per heavy atom. The Kier molecular flexibility index (Phi) is 2.06. The molecule has 64 valence electrons. The molecule has 1 aromatic heterocycles. The maximum atomic E-state index is 11.4. The van der Waals surface area contributed by atoms with Crippen LogP contribution in [0.15, 0.2) is 14.6 Å². The van der Waals surface area contributed by atoms with Crippen molar-refractivity contribution in [3.05, 3.63) is 21.3 Å². The third-order valence-corrected chi connectivity index (χ3v) is 3.32. The third-order valence-electron chi connectivity index (χ3n) is 1.76. The van der Waals surface area contributed by atoms with E-state index in [-0.39, 0.29) is 5.56 Å². The number of aromatic nitrogens is 1. The molecule has 2 heterocycles. The highest BCUT2D eigenvalue weighted by molar-refractivity contribution is 7.98. The lowest BCUT2D eigenvalue weighted by Gasteiger charge is -1.89. The molecule has 0 aromatic carbocycles. The van der Waals surface area contributed by atoms with Crippen molar-refractivity contribution in [1.82, 2.24) is 3.96 Å². The van der Waals surface area contributed by atoms with Crippen molar-refractivity contribution in [1.29, 1.82) is 0 Å². The van der Waals surface area contributed by atoms with Gasteiger partial charge in [-0.25, -0.2) is 4.40 Å². The first-order valence-electron chi connectivity index (χ1n) is 3.63. The van der Waals surface area contributed by atoms with Gasteiger partial charge in [0.1, 0.15) is 0 Å². The summed E-state index contributed by atoms with van der Waals surface area (Å²) < 4.78 is 5.83. The van der Waals surface area contributed by atoms with Crippen LogP contribution in [-0.2, 0) is 7.05 Å². The molecule has 0 spiro atoms. The van der Waals surface area contributed by atoms with E-state index < -0.39 is 0 Å². The number of hydrogen-bond acceptors (Lipinski definition) is 4. The SMILES string of the molecule is Cn1scc(C2=NSCC2)c1=O. The lowest BCUT2D eigenvalue weighted by atomic mass is 10.2. The van der Waals surface area contributed by atoms with Crippen LogP contribution in [0.25, 0.3) is 0 Å². The minimum Gasteiger partial charge on any atom is -0.268 e. The van der Waals surface area contributed by atoms with E-state index >= 15 is 0 Å². The topological polar surface area (TPSA) is 34.4 Å². The molecule has 0 aliphatic carbocycles. The second-order valence-electron chi connectivity index (χ2n) is 2.56. The Morgan fingerprint density at radius 2 is 2.50 bits per heavy atom. The molecule has 3 nitrogen and oxygen atoms in total. The normalized spacial score (nSPS) is 16.6. The van der Waals surface area contributed by atoms with E-state index in [0.717, 1.165) is 23.4 Å². The first-order valence-corrected chi connectivity index (χ1v) is 5.41. The van der Waals surface area contributed by atoms with Crippen LogP contribution in [0, 0.1) is 0 Å². The van der Waals surface area contributed by atoms with Crippen molar-refractivity contribution in [2.45, 2.75) is 6.42 Å². The predicted octanol–water partition coefficient (Wildman–Crippen LogP) is 1.29. The Hall–Kier alpha value is -0.550. The maximum absolute atomic E-state index is 11.4. The van der Waals surface area contributed by atoms with Crippen LogP contribution in [0.3, 0.4) is 0 Å². The standard InChI is InChI=1S/C7H8N2OS2/c1-9-7(10)5(4-12-9)6-2-3-11-8-6/h4H,2-3H2,1H3. The fourth-order valence-corrected chi connectivity index (χ4v) is 2.50. The highest BCUT2D eigenvalue weighted by Crippen LogP contribution is 2.18. The summed E-state index contributed by atoms with van der Waals surface area (Å²) in [7, 11) is 1.78. The molecular weight excluding hydrogens is 192 g/mol. The molecular formula is C7H8N2OS2. The van der Waals surface area contributed by atoms with Crippen LogP contribution in [0.1, 0.15) is 12.0 Å². The van der Waals surface area contributed by atoms with Gasteiger partial charge < -0.3 is 0 Å². The highest BCUT2D eigenvalue weighted by Gasteiger charge is 2.14. The van der Waals surface area contributed by atoms with E-state index in [1.54, 1.807) is 11.0 Å². The molecule has 0 saturated carbocycles. The summed E-state index contributed by atoms with van der Waals surface area (Å²) >= 11 is 2.97. The van der Waals surface area contributed by atoms with Crippen molar-refractivity contribution in [2.24, 2.45) is 11.4 Å². The van der Waals surface area contributed by atoms with E-state index in [2.05, 4.69) is 4.40 Å². The van der Waals surface area contributed by atoms with Gasteiger partial charge in [0.25, 0.3) is 5.56 Å². The molecule has 0 bridgehead atoms. The Balaban J connectivity index is 2.46. The molecule has 0 N–H and O–H groups in total. The van der Waals surface area contributed by atoms with Gasteiger partial charge in [-0.15, -0.1) is 0 Å². The lowest BCUT2D eigenvalue weighted by Crippen LogP contribution is -2.16. The molecule has 5 heteroatoms. The first-order chi connectivity index (χ1) is 5.79. The minimum absolute atomic E-state index is 0.0845. The van der Waals surface area contributed by atoms with Gasteiger partial charge in [0.05, 0.1) is 11.3 Å². The van der Waals surface area contributed by atoms with Crippen LogP contribution >= 0.6 is 23.5 Å². The zero-order valence-corrected chi connectivity index (χ0v) is 8.24. The second kappa shape index (κ2) is 3.06. The second-order valence-corrected chi connectivity index (χ2v) is 4.40. The Morgan fingerprint density at radius 3 is 3.00 bits per heavy atom. The molecule has 0 unspecified atom stereocenters. The van der Waals surface area contributed by atoms with Gasteiger partial charge in [-0.3, -0.25) is 8.75 Å². The van der Waals surface area contributed by atoms with Crippen LogP contribution < -0.4 is 5.56 Å². The summed E-state index contributed by atoms with van der Waals surface area (Å²) in [6.45, 7) is 0. The smallest absolute Gasteiger partial charge is 0.268 e. The van der Waals surface area contributed by atoms with Gasteiger partial charge >= 0.3 is 0 Å².